The highest BCUT2D eigenvalue weighted by Crippen LogP contribution is 2.43. The third-order valence-corrected chi connectivity index (χ3v) is 4.94. The number of carbonyl (C=O) groups is 1. The molecule has 2 aromatic heterocycles. The van der Waals surface area contributed by atoms with Gasteiger partial charge in [-0.1, -0.05) is 12.1 Å². The summed E-state index contributed by atoms with van der Waals surface area (Å²) in [6.07, 6.45) is -4.20. The second-order valence-electron chi connectivity index (χ2n) is 7.12. The number of hydrogen-bond acceptors (Lipinski definition) is 5. The van der Waals surface area contributed by atoms with Crippen LogP contribution in [0.25, 0.3) is 0 Å². The smallest absolute Gasteiger partial charge is 0.410 e. The quantitative estimate of drug-likeness (QED) is 0.580. The van der Waals surface area contributed by atoms with Gasteiger partial charge in [0.1, 0.15) is 11.6 Å². The number of aliphatic hydroxyl groups is 1. The standard InChI is InChI=1S/C20H19F3N4O3/c1-11(28)12-4-2-5-13(8-12)24-19(29)15-10-18-25-14(16-6-3-7-30-16)9-17(20(21,22)23)27(18)26-15/h2-8,10-11,14,17,25,28H,9H2,1H3,(H,24,29)/t11-,14-,17+/m1/s1. The van der Waals surface area contributed by atoms with Crippen molar-refractivity contribution in [3.8, 4) is 0 Å². The molecule has 0 spiro atoms. The first-order chi connectivity index (χ1) is 14.2. The number of furan rings is 1. The average molecular weight is 420 g/mol. The maximum Gasteiger partial charge on any atom is 0.410 e. The SMILES string of the molecule is C[C@@H](O)c1cccc(NC(=O)c2cc3n(n2)[C@H](C(F)(F)F)C[C@H](c2ccco2)N3)c1. The van der Waals surface area contributed by atoms with Crippen LogP contribution in [0.1, 0.15) is 53.3 Å². The van der Waals surface area contributed by atoms with Crippen LogP contribution >= 0.6 is 0 Å². The molecule has 1 amide bonds. The van der Waals surface area contributed by atoms with Crippen molar-refractivity contribution in [1.29, 1.82) is 0 Å². The Balaban J connectivity index is 1.61. The van der Waals surface area contributed by atoms with Crippen LogP contribution in [0.3, 0.4) is 0 Å². The van der Waals surface area contributed by atoms with Crippen molar-refractivity contribution in [2.45, 2.75) is 37.7 Å². The van der Waals surface area contributed by atoms with Crippen LogP contribution in [0.5, 0.6) is 0 Å². The number of amides is 1. The van der Waals surface area contributed by atoms with E-state index in [0.29, 0.717) is 17.0 Å². The zero-order chi connectivity index (χ0) is 21.5. The first-order valence-electron chi connectivity index (χ1n) is 9.28. The minimum Gasteiger partial charge on any atom is -0.467 e. The number of hydrogen-bond donors (Lipinski definition) is 3. The van der Waals surface area contributed by atoms with Gasteiger partial charge in [-0.15, -0.1) is 0 Å². The Hall–Kier alpha value is -3.27. The molecule has 3 heterocycles. The van der Waals surface area contributed by atoms with Crippen molar-refractivity contribution < 1.29 is 27.5 Å². The van der Waals surface area contributed by atoms with Gasteiger partial charge in [-0.2, -0.15) is 18.3 Å². The molecule has 3 atom stereocenters. The number of benzene rings is 1. The molecule has 3 N–H and O–H groups in total. The van der Waals surface area contributed by atoms with Crippen LogP contribution in [-0.2, 0) is 0 Å². The molecule has 0 unspecified atom stereocenters. The fraction of sp³-hybridized carbons (Fsp3) is 0.300. The Morgan fingerprint density at radius 2 is 2.13 bits per heavy atom. The Morgan fingerprint density at radius 1 is 1.33 bits per heavy atom. The summed E-state index contributed by atoms with van der Waals surface area (Å²) in [5.41, 5.74) is 0.837. The lowest BCUT2D eigenvalue weighted by atomic mass is 10.0. The van der Waals surface area contributed by atoms with Crippen LogP contribution in [0.4, 0.5) is 24.7 Å². The minimum absolute atomic E-state index is 0.0767. The molecule has 1 aliphatic rings. The molecule has 0 fully saturated rings. The number of rotatable bonds is 4. The van der Waals surface area contributed by atoms with Gasteiger partial charge in [-0.05, 0) is 36.8 Å². The fourth-order valence-electron chi connectivity index (χ4n) is 3.43. The highest BCUT2D eigenvalue weighted by atomic mass is 19.4. The number of aromatic nitrogens is 2. The molecule has 1 aliphatic heterocycles. The number of aliphatic hydroxyl groups excluding tert-OH is 1. The number of halogens is 3. The monoisotopic (exact) mass is 420 g/mol. The zero-order valence-electron chi connectivity index (χ0n) is 15.8. The van der Waals surface area contributed by atoms with Gasteiger partial charge in [0.05, 0.1) is 18.4 Å². The Kier molecular flexibility index (Phi) is 5.02. The minimum atomic E-state index is -4.55. The largest absolute Gasteiger partial charge is 0.467 e. The number of carbonyl (C=O) groups excluding carboxylic acids is 1. The van der Waals surface area contributed by atoms with Crippen LogP contribution < -0.4 is 10.6 Å². The zero-order valence-corrected chi connectivity index (χ0v) is 15.8. The summed E-state index contributed by atoms with van der Waals surface area (Å²) in [6.45, 7) is 1.59. The molecule has 4 rings (SSSR count). The lowest BCUT2D eigenvalue weighted by molar-refractivity contribution is -0.174. The van der Waals surface area contributed by atoms with Crippen molar-refractivity contribution in [2.75, 3.05) is 10.6 Å². The van der Waals surface area contributed by atoms with E-state index in [1.807, 2.05) is 0 Å². The van der Waals surface area contributed by atoms with E-state index < -0.39 is 30.3 Å². The van der Waals surface area contributed by atoms with Crippen molar-refractivity contribution in [1.82, 2.24) is 9.78 Å². The van der Waals surface area contributed by atoms with E-state index in [9.17, 15) is 23.1 Å². The molecule has 158 valence electrons. The maximum atomic E-state index is 13.7. The van der Waals surface area contributed by atoms with E-state index in [2.05, 4.69) is 15.7 Å². The normalized spacial score (nSPS) is 19.6. The van der Waals surface area contributed by atoms with E-state index in [0.717, 1.165) is 4.68 Å². The van der Waals surface area contributed by atoms with E-state index in [-0.39, 0.29) is 17.9 Å². The van der Waals surface area contributed by atoms with E-state index >= 15 is 0 Å². The first-order valence-corrected chi connectivity index (χ1v) is 9.28. The summed E-state index contributed by atoms with van der Waals surface area (Å²) in [6, 6.07) is 8.44. The molecule has 0 saturated heterocycles. The number of nitrogens with zero attached hydrogens (tertiary/aromatic N) is 2. The van der Waals surface area contributed by atoms with Crippen molar-refractivity contribution in [3.05, 3.63) is 65.7 Å². The molecule has 30 heavy (non-hydrogen) atoms. The molecule has 0 saturated carbocycles. The molecule has 0 bridgehead atoms. The molecule has 10 heteroatoms. The van der Waals surface area contributed by atoms with Crippen LogP contribution in [0.15, 0.2) is 53.1 Å². The highest BCUT2D eigenvalue weighted by Gasteiger charge is 2.47. The number of anilines is 2. The van der Waals surface area contributed by atoms with Gasteiger partial charge in [0.2, 0.25) is 0 Å². The van der Waals surface area contributed by atoms with E-state index in [4.69, 9.17) is 4.42 Å². The van der Waals surface area contributed by atoms with Crippen molar-refractivity contribution >= 4 is 17.4 Å². The molecule has 0 aliphatic carbocycles. The van der Waals surface area contributed by atoms with Crippen LogP contribution in [0.2, 0.25) is 0 Å². The number of fused-ring (bicyclic) bond motifs is 1. The maximum absolute atomic E-state index is 13.7. The molecule has 7 nitrogen and oxygen atoms in total. The summed E-state index contributed by atoms with van der Waals surface area (Å²) < 4.78 is 47.1. The Labute approximate surface area is 169 Å². The summed E-state index contributed by atoms with van der Waals surface area (Å²) in [7, 11) is 0. The summed E-state index contributed by atoms with van der Waals surface area (Å²) >= 11 is 0. The predicted molar refractivity (Wildman–Crippen MR) is 102 cm³/mol. The molecular weight excluding hydrogens is 401 g/mol. The van der Waals surface area contributed by atoms with Gasteiger partial charge in [-0.25, -0.2) is 4.68 Å². The fourth-order valence-corrected chi connectivity index (χ4v) is 3.43. The van der Waals surface area contributed by atoms with Crippen LogP contribution in [0, 0.1) is 0 Å². The molecular formula is C20H19F3N4O3. The highest BCUT2D eigenvalue weighted by molar-refractivity contribution is 6.03. The second-order valence-corrected chi connectivity index (χ2v) is 7.12. The van der Waals surface area contributed by atoms with Gasteiger partial charge in [0, 0.05) is 18.2 Å². The lowest BCUT2D eigenvalue weighted by Crippen LogP contribution is -2.35. The van der Waals surface area contributed by atoms with Crippen molar-refractivity contribution in [3.63, 3.8) is 0 Å². The Bertz CT molecular complexity index is 1040. The van der Waals surface area contributed by atoms with Gasteiger partial charge in [0.15, 0.2) is 11.7 Å². The predicted octanol–water partition coefficient (Wildman–Crippen LogP) is 4.44. The summed E-state index contributed by atoms with van der Waals surface area (Å²) in [5, 5.41) is 19.1. The Morgan fingerprint density at radius 3 is 2.80 bits per heavy atom. The van der Waals surface area contributed by atoms with Crippen LogP contribution in [-0.4, -0.2) is 27.0 Å². The topological polar surface area (TPSA) is 92.3 Å². The number of nitrogens with one attached hydrogen (secondary N) is 2. The molecule has 1 aromatic carbocycles. The van der Waals surface area contributed by atoms with E-state index in [1.54, 1.807) is 43.3 Å². The van der Waals surface area contributed by atoms with Gasteiger partial charge in [0.25, 0.3) is 5.91 Å². The first kappa shape index (κ1) is 20.0. The van der Waals surface area contributed by atoms with Gasteiger partial charge < -0.3 is 20.2 Å². The second kappa shape index (κ2) is 7.52. The molecule has 0 radical (unpaired) electrons. The van der Waals surface area contributed by atoms with Gasteiger partial charge >= 0.3 is 6.18 Å². The van der Waals surface area contributed by atoms with Gasteiger partial charge in [-0.3, -0.25) is 4.79 Å². The van der Waals surface area contributed by atoms with Crippen molar-refractivity contribution in [2.24, 2.45) is 0 Å². The third kappa shape index (κ3) is 3.90. The lowest BCUT2D eigenvalue weighted by Gasteiger charge is -2.32. The van der Waals surface area contributed by atoms with E-state index in [1.165, 1.54) is 12.3 Å². The average Bonchev–Trinajstić information content (AvgIpc) is 3.36. The summed E-state index contributed by atoms with van der Waals surface area (Å²) in [5.74, 6) is -0.206. The number of alkyl halides is 3. The summed E-state index contributed by atoms with van der Waals surface area (Å²) in [4.78, 5) is 12.6. The molecule has 3 aromatic rings. The third-order valence-electron chi connectivity index (χ3n) is 4.94.